The molecule has 3 fully saturated rings. The molecule has 2 amide bonds. The highest BCUT2D eigenvalue weighted by molar-refractivity contribution is 6.30. The summed E-state index contributed by atoms with van der Waals surface area (Å²) >= 11 is 5.97. The molecule has 0 radical (unpaired) electrons. The molecule has 6 heteroatoms. The van der Waals surface area contributed by atoms with E-state index >= 15 is 0 Å². The molecular weight excluding hydrogens is 326 g/mol. The average molecular weight is 348 g/mol. The summed E-state index contributed by atoms with van der Waals surface area (Å²) < 4.78 is 0. The van der Waals surface area contributed by atoms with Gasteiger partial charge in [0, 0.05) is 43.2 Å². The van der Waals surface area contributed by atoms with E-state index < -0.39 is 0 Å². The summed E-state index contributed by atoms with van der Waals surface area (Å²) in [4.78, 5) is 27.3. The molecule has 3 aliphatic rings. The van der Waals surface area contributed by atoms with Crippen LogP contribution in [0, 0.1) is 5.41 Å². The molecule has 0 unspecified atom stereocenters. The van der Waals surface area contributed by atoms with Gasteiger partial charge in [-0.25, -0.2) is 0 Å². The minimum atomic E-state index is -0.387. The third-order valence-corrected chi connectivity index (χ3v) is 5.90. The third-order valence-electron chi connectivity index (χ3n) is 5.65. The Morgan fingerprint density at radius 3 is 2.58 bits per heavy atom. The summed E-state index contributed by atoms with van der Waals surface area (Å²) in [6.45, 7) is 1.99. The van der Waals surface area contributed by atoms with Crippen LogP contribution in [0.25, 0.3) is 0 Å². The number of carbonyl (C=O) groups excluding carboxylic acids is 2. The number of carbonyl (C=O) groups is 2. The van der Waals surface area contributed by atoms with Crippen molar-refractivity contribution in [2.75, 3.05) is 19.6 Å². The minimum absolute atomic E-state index is 0.0627. The van der Waals surface area contributed by atoms with Crippen molar-refractivity contribution in [1.29, 1.82) is 0 Å². The summed E-state index contributed by atoms with van der Waals surface area (Å²) in [7, 11) is 0. The Hall–Kier alpha value is -1.59. The molecule has 1 aromatic rings. The number of rotatable bonds is 3. The molecule has 3 aliphatic heterocycles. The molecule has 3 saturated heterocycles. The second-order valence-corrected chi connectivity index (χ2v) is 7.73. The Morgan fingerprint density at radius 1 is 1.21 bits per heavy atom. The Labute approximate surface area is 146 Å². The van der Waals surface area contributed by atoms with Gasteiger partial charge in [-0.3, -0.25) is 9.59 Å². The molecule has 24 heavy (non-hydrogen) atoms. The number of halogens is 1. The van der Waals surface area contributed by atoms with Gasteiger partial charge in [0.25, 0.3) is 0 Å². The molecular formula is C18H22ClN3O2. The number of hydrogen-bond acceptors (Lipinski definition) is 3. The number of nitrogens with zero attached hydrogens (tertiary/aromatic N) is 1. The van der Waals surface area contributed by atoms with Crippen LogP contribution in [0.1, 0.15) is 24.8 Å². The van der Waals surface area contributed by atoms with Gasteiger partial charge in [0.2, 0.25) is 11.8 Å². The van der Waals surface area contributed by atoms with E-state index in [0.29, 0.717) is 37.5 Å². The van der Waals surface area contributed by atoms with Gasteiger partial charge in [-0.2, -0.15) is 0 Å². The summed E-state index contributed by atoms with van der Waals surface area (Å²) in [6.07, 6.45) is 3.08. The Kier molecular flexibility index (Phi) is 4.01. The van der Waals surface area contributed by atoms with E-state index in [4.69, 9.17) is 11.6 Å². The van der Waals surface area contributed by atoms with Crippen molar-refractivity contribution in [2.24, 2.45) is 5.41 Å². The van der Waals surface area contributed by atoms with Crippen LogP contribution in [-0.4, -0.2) is 48.4 Å². The molecule has 0 aromatic heterocycles. The first-order chi connectivity index (χ1) is 11.6. The van der Waals surface area contributed by atoms with E-state index in [-0.39, 0.29) is 29.3 Å². The lowest BCUT2D eigenvalue weighted by Gasteiger charge is -2.45. The maximum absolute atomic E-state index is 13.4. The van der Waals surface area contributed by atoms with Crippen molar-refractivity contribution in [1.82, 2.24) is 15.5 Å². The number of amides is 2. The van der Waals surface area contributed by atoms with Crippen LogP contribution >= 0.6 is 11.6 Å². The van der Waals surface area contributed by atoms with Crippen molar-refractivity contribution >= 4 is 23.4 Å². The first kappa shape index (κ1) is 15.9. The maximum atomic E-state index is 13.4. The van der Waals surface area contributed by atoms with Crippen LogP contribution in [0.5, 0.6) is 0 Å². The van der Waals surface area contributed by atoms with E-state index in [1.807, 2.05) is 29.2 Å². The standard InChI is InChI=1S/C18H22ClN3O2/c19-13-3-1-12(2-4-13)8-18(10-20-11-18)17(24)22-14-5-6-15(22)9-21-16(23)7-14/h1-4,14-15,20H,5-11H2,(H,21,23)/t14-,15+/m1/s1. The van der Waals surface area contributed by atoms with Gasteiger partial charge >= 0.3 is 0 Å². The summed E-state index contributed by atoms with van der Waals surface area (Å²) in [5, 5.41) is 6.92. The monoisotopic (exact) mass is 347 g/mol. The highest BCUT2D eigenvalue weighted by Crippen LogP contribution is 2.37. The molecule has 5 nitrogen and oxygen atoms in total. The predicted molar refractivity (Wildman–Crippen MR) is 91.7 cm³/mol. The SMILES string of the molecule is O=C1C[C@H]2CC[C@@H](CN1)N2C(=O)C1(Cc2ccc(Cl)cc2)CNC1. The van der Waals surface area contributed by atoms with E-state index in [9.17, 15) is 9.59 Å². The lowest BCUT2D eigenvalue weighted by Crippen LogP contribution is -2.64. The summed E-state index contributed by atoms with van der Waals surface area (Å²) in [6, 6.07) is 7.96. The molecule has 0 saturated carbocycles. The van der Waals surface area contributed by atoms with Crippen molar-refractivity contribution in [3.8, 4) is 0 Å². The largest absolute Gasteiger partial charge is 0.354 e. The van der Waals surface area contributed by atoms with Gasteiger partial charge in [-0.1, -0.05) is 23.7 Å². The smallest absolute Gasteiger partial charge is 0.232 e. The van der Waals surface area contributed by atoms with Gasteiger partial charge in [-0.05, 0) is 37.0 Å². The van der Waals surface area contributed by atoms with Crippen LogP contribution in [0.4, 0.5) is 0 Å². The minimum Gasteiger partial charge on any atom is -0.354 e. The molecule has 2 N–H and O–H groups in total. The zero-order chi connectivity index (χ0) is 16.7. The average Bonchev–Trinajstić information content (AvgIpc) is 2.83. The lowest BCUT2D eigenvalue weighted by molar-refractivity contribution is -0.148. The number of hydrogen-bond donors (Lipinski definition) is 2. The zero-order valence-corrected chi connectivity index (χ0v) is 14.3. The molecule has 0 aliphatic carbocycles. The first-order valence-electron chi connectivity index (χ1n) is 8.62. The fourth-order valence-electron chi connectivity index (χ4n) is 4.26. The molecule has 2 bridgehead atoms. The Bertz CT molecular complexity index is 657. The first-order valence-corrected chi connectivity index (χ1v) is 9.00. The normalized spacial score (nSPS) is 28.0. The molecule has 3 heterocycles. The predicted octanol–water partition coefficient (Wildman–Crippen LogP) is 1.35. The topological polar surface area (TPSA) is 61.4 Å². The van der Waals surface area contributed by atoms with E-state index in [1.54, 1.807) is 0 Å². The fourth-order valence-corrected chi connectivity index (χ4v) is 4.38. The lowest BCUT2D eigenvalue weighted by atomic mass is 9.74. The number of nitrogens with one attached hydrogen (secondary N) is 2. The van der Waals surface area contributed by atoms with Crippen LogP contribution in [0.3, 0.4) is 0 Å². The van der Waals surface area contributed by atoms with Gasteiger partial charge in [0.05, 0.1) is 5.41 Å². The maximum Gasteiger partial charge on any atom is 0.232 e. The summed E-state index contributed by atoms with van der Waals surface area (Å²) in [5.41, 5.74) is 0.743. The second kappa shape index (κ2) is 6.05. The highest BCUT2D eigenvalue weighted by atomic mass is 35.5. The molecule has 128 valence electrons. The van der Waals surface area contributed by atoms with Gasteiger partial charge < -0.3 is 15.5 Å². The van der Waals surface area contributed by atoms with Gasteiger partial charge in [0.15, 0.2) is 0 Å². The van der Waals surface area contributed by atoms with Gasteiger partial charge in [-0.15, -0.1) is 0 Å². The fraction of sp³-hybridized carbons (Fsp3) is 0.556. The quantitative estimate of drug-likeness (QED) is 0.867. The molecule has 0 spiro atoms. The number of benzene rings is 1. The van der Waals surface area contributed by atoms with E-state index in [2.05, 4.69) is 10.6 Å². The third kappa shape index (κ3) is 2.70. The molecule has 4 rings (SSSR count). The van der Waals surface area contributed by atoms with E-state index in [1.165, 1.54) is 0 Å². The molecule has 1 aromatic carbocycles. The van der Waals surface area contributed by atoms with Crippen molar-refractivity contribution < 1.29 is 9.59 Å². The highest BCUT2D eigenvalue weighted by Gasteiger charge is 2.51. The Morgan fingerprint density at radius 2 is 1.92 bits per heavy atom. The van der Waals surface area contributed by atoms with Crippen molar-refractivity contribution in [2.45, 2.75) is 37.8 Å². The number of fused-ring (bicyclic) bond motifs is 2. The summed E-state index contributed by atoms with van der Waals surface area (Å²) in [5.74, 6) is 0.277. The van der Waals surface area contributed by atoms with E-state index in [0.717, 1.165) is 18.4 Å². The van der Waals surface area contributed by atoms with Crippen LogP contribution in [-0.2, 0) is 16.0 Å². The van der Waals surface area contributed by atoms with Crippen LogP contribution < -0.4 is 10.6 Å². The molecule has 2 atom stereocenters. The van der Waals surface area contributed by atoms with Crippen LogP contribution in [0.2, 0.25) is 5.02 Å². The zero-order valence-electron chi connectivity index (χ0n) is 13.6. The van der Waals surface area contributed by atoms with Gasteiger partial charge in [0.1, 0.15) is 0 Å². The Balaban J connectivity index is 1.57. The van der Waals surface area contributed by atoms with Crippen molar-refractivity contribution in [3.05, 3.63) is 34.9 Å². The second-order valence-electron chi connectivity index (χ2n) is 7.29. The van der Waals surface area contributed by atoms with Crippen molar-refractivity contribution in [3.63, 3.8) is 0 Å². The van der Waals surface area contributed by atoms with Crippen LogP contribution in [0.15, 0.2) is 24.3 Å².